The highest BCUT2D eigenvalue weighted by atomic mass is 35.5. The van der Waals surface area contributed by atoms with Gasteiger partial charge in [0.05, 0.1) is 6.33 Å². The zero-order chi connectivity index (χ0) is 12.8. The fraction of sp³-hybridized carbons (Fsp3) is 0.545. The van der Waals surface area contributed by atoms with Crippen molar-refractivity contribution in [3.63, 3.8) is 0 Å². The first-order valence-electron chi connectivity index (χ1n) is 5.59. The minimum atomic E-state index is -1.71. The lowest BCUT2D eigenvalue weighted by Gasteiger charge is -2.37. The number of fused-ring (bicyclic) bond motifs is 1. The molecule has 4 nitrogen and oxygen atoms in total. The molecule has 2 aromatic rings. The van der Waals surface area contributed by atoms with Crippen LogP contribution in [0.4, 0.5) is 0 Å². The highest BCUT2D eigenvalue weighted by Crippen LogP contribution is 2.38. The highest BCUT2D eigenvalue weighted by molar-refractivity contribution is 6.79. The van der Waals surface area contributed by atoms with Gasteiger partial charge in [-0.1, -0.05) is 45.5 Å². The van der Waals surface area contributed by atoms with E-state index in [0.717, 1.165) is 5.65 Å². The fourth-order valence-corrected chi connectivity index (χ4v) is 3.52. The number of rotatable bonds is 1. The zero-order valence-electron chi connectivity index (χ0n) is 10.8. The van der Waals surface area contributed by atoms with E-state index in [0.29, 0.717) is 10.7 Å². The Bertz CT molecular complexity index is 556. The van der Waals surface area contributed by atoms with E-state index in [-0.39, 0.29) is 5.04 Å². The molecule has 0 aliphatic rings. The first-order valence-corrected chi connectivity index (χ1v) is 8.91. The molecule has 0 atom stereocenters. The first-order chi connectivity index (χ1) is 7.75. The van der Waals surface area contributed by atoms with Gasteiger partial charge in [0.2, 0.25) is 0 Å². The molecule has 0 saturated heterocycles. The minimum absolute atomic E-state index is 0.220. The van der Waals surface area contributed by atoms with Crippen molar-refractivity contribution in [2.45, 2.75) is 38.9 Å². The van der Waals surface area contributed by atoms with Crippen LogP contribution in [-0.4, -0.2) is 27.4 Å². The van der Waals surface area contributed by atoms with Gasteiger partial charge in [-0.25, -0.2) is 15.0 Å². The van der Waals surface area contributed by atoms with E-state index in [2.05, 4.69) is 53.0 Å². The van der Waals surface area contributed by atoms with Gasteiger partial charge in [0.1, 0.15) is 11.8 Å². The van der Waals surface area contributed by atoms with Crippen LogP contribution in [0, 0.1) is 0 Å². The van der Waals surface area contributed by atoms with E-state index in [4.69, 9.17) is 11.6 Å². The normalized spacial score (nSPS) is 13.3. The molecule has 0 radical (unpaired) electrons. The topological polar surface area (TPSA) is 43.6 Å². The third-order valence-electron chi connectivity index (χ3n) is 3.73. The van der Waals surface area contributed by atoms with Gasteiger partial charge in [0.15, 0.2) is 19.0 Å². The van der Waals surface area contributed by atoms with E-state index >= 15 is 0 Å². The predicted octanol–water partition coefficient (Wildman–Crippen LogP) is 3.33. The molecule has 0 unspecified atom stereocenters. The largest absolute Gasteiger partial charge is 0.343 e. The smallest absolute Gasteiger partial charge is 0.165 e. The average molecular weight is 269 g/mol. The Hall–Kier alpha value is -0.943. The van der Waals surface area contributed by atoms with Crippen LogP contribution in [0.1, 0.15) is 20.8 Å². The summed E-state index contributed by atoms with van der Waals surface area (Å²) in [6, 6.07) is 0. The summed E-state index contributed by atoms with van der Waals surface area (Å²) < 4.78 is 2.20. The van der Waals surface area contributed by atoms with Gasteiger partial charge < -0.3 is 4.23 Å². The summed E-state index contributed by atoms with van der Waals surface area (Å²) in [6.07, 6.45) is 3.35. The molecule has 0 saturated carbocycles. The number of nitrogens with zero attached hydrogens (tertiary/aromatic N) is 4. The van der Waals surface area contributed by atoms with Crippen LogP contribution in [0.2, 0.25) is 23.3 Å². The Morgan fingerprint density at radius 3 is 2.41 bits per heavy atom. The molecule has 0 amide bonds. The quantitative estimate of drug-likeness (QED) is 0.589. The van der Waals surface area contributed by atoms with Crippen LogP contribution in [-0.2, 0) is 0 Å². The van der Waals surface area contributed by atoms with E-state index in [1.807, 2.05) is 6.33 Å². The molecule has 2 aromatic heterocycles. The molecule has 0 N–H and O–H groups in total. The number of hydrogen-bond donors (Lipinski definition) is 0. The fourth-order valence-electron chi connectivity index (χ4n) is 1.58. The summed E-state index contributed by atoms with van der Waals surface area (Å²) in [6.45, 7) is 11.4. The van der Waals surface area contributed by atoms with Gasteiger partial charge >= 0.3 is 0 Å². The molecule has 0 aliphatic carbocycles. The number of halogens is 1. The second-order valence-corrected chi connectivity index (χ2v) is 11.2. The monoisotopic (exact) mass is 268 g/mol. The summed E-state index contributed by atoms with van der Waals surface area (Å²) in [5.74, 6) is 0. The van der Waals surface area contributed by atoms with Crippen LogP contribution in [0.25, 0.3) is 11.2 Å². The summed E-state index contributed by atoms with van der Waals surface area (Å²) in [5.41, 5.74) is 1.54. The molecule has 0 spiro atoms. The Morgan fingerprint density at radius 2 is 1.82 bits per heavy atom. The third kappa shape index (κ3) is 1.87. The van der Waals surface area contributed by atoms with Gasteiger partial charge in [0, 0.05) is 0 Å². The molecule has 6 heteroatoms. The molecule has 0 aromatic carbocycles. The van der Waals surface area contributed by atoms with Crippen molar-refractivity contribution in [3.05, 3.63) is 17.8 Å². The second-order valence-electron chi connectivity index (χ2n) is 5.76. The Balaban J connectivity index is 2.69. The first kappa shape index (κ1) is 12.5. The minimum Gasteiger partial charge on any atom is -0.343 e. The number of aromatic nitrogens is 4. The van der Waals surface area contributed by atoms with Crippen molar-refractivity contribution in [2.75, 3.05) is 0 Å². The standard InChI is InChI=1S/C11H17ClN4Si/c1-11(2,3)17(4,5)16-7-15-8-9(12)13-6-14-10(8)16/h6-7H,1-5H3. The molecular formula is C11H17ClN4Si. The van der Waals surface area contributed by atoms with Crippen LogP contribution < -0.4 is 0 Å². The summed E-state index contributed by atoms with van der Waals surface area (Å²) in [5, 5.41) is 0.644. The average Bonchev–Trinajstić information content (AvgIpc) is 2.61. The Kier molecular flexibility index (Phi) is 2.78. The molecule has 0 fully saturated rings. The molecule has 0 aliphatic heterocycles. The molecule has 92 valence electrons. The lowest BCUT2D eigenvalue weighted by atomic mass is 10.2. The van der Waals surface area contributed by atoms with E-state index in [1.54, 1.807) is 0 Å². The maximum atomic E-state index is 6.02. The Labute approximate surface area is 107 Å². The van der Waals surface area contributed by atoms with Gasteiger partial charge in [-0.05, 0) is 5.04 Å². The molecule has 2 heterocycles. The SMILES string of the molecule is CC(C)(C)[Si](C)(C)n1cnc2c(Cl)ncnc21. The van der Waals surface area contributed by atoms with Crippen molar-refractivity contribution in [3.8, 4) is 0 Å². The maximum absolute atomic E-state index is 6.02. The van der Waals surface area contributed by atoms with Crippen LogP contribution >= 0.6 is 11.6 Å². The van der Waals surface area contributed by atoms with Crippen LogP contribution in [0.3, 0.4) is 0 Å². The second kappa shape index (κ2) is 3.78. The van der Waals surface area contributed by atoms with Crippen molar-refractivity contribution < 1.29 is 0 Å². The van der Waals surface area contributed by atoms with Crippen molar-refractivity contribution in [2.24, 2.45) is 0 Å². The summed E-state index contributed by atoms with van der Waals surface area (Å²) in [7, 11) is -1.71. The summed E-state index contributed by atoms with van der Waals surface area (Å²) in [4.78, 5) is 12.6. The summed E-state index contributed by atoms with van der Waals surface area (Å²) >= 11 is 6.02. The van der Waals surface area contributed by atoms with Gasteiger partial charge in [0.25, 0.3) is 0 Å². The Morgan fingerprint density at radius 1 is 1.18 bits per heavy atom. The number of hydrogen-bond acceptors (Lipinski definition) is 3. The van der Waals surface area contributed by atoms with Crippen LogP contribution in [0.15, 0.2) is 12.7 Å². The predicted molar refractivity (Wildman–Crippen MR) is 72.9 cm³/mol. The molecular weight excluding hydrogens is 252 g/mol. The molecule has 2 rings (SSSR count). The lowest BCUT2D eigenvalue weighted by Crippen LogP contribution is -2.45. The van der Waals surface area contributed by atoms with Crippen molar-refractivity contribution in [1.82, 2.24) is 19.2 Å². The van der Waals surface area contributed by atoms with Gasteiger partial charge in [-0.3, -0.25) is 0 Å². The van der Waals surface area contributed by atoms with Crippen molar-refractivity contribution >= 4 is 31.0 Å². The van der Waals surface area contributed by atoms with Gasteiger partial charge in [-0.2, -0.15) is 0 Å². The maximum Gasteiger partial charge on any atom is 0.165 e. The molecule has 17 heavy (non-hydrogen) atoms. The van der Waals surface area contributed by atoms with E-state index in [9.17, 15) is 0 Å². The zero-order valence-corrected chi connectivity index (χ0v) is 12.6. The highest BCUT2D eigenvalue weighted by Gasteiger charge is 2.39. The third-order valence-corrected chi connectivity index (χ3v) is 9.21. The van der Waals surface area contributed by atoms with Gasteiger partial charge in [-0.15, -0.1) is 0 Å². The van der Waals surface area contributed by atoms with E-state index in [1.165, 1.54) is 6.33 Å². The number of imidazole rings is 1. The van der Waals surface area contributed by atoms with Crippen molar-refractivity contribution in [1.29, 1.82) is 0 Å². The van der Waals surface area contributed by atoms with E-state index < -0.39 is 8.24 Å². The lowest BCUT2D eigenvalue weighted by molar-refractivity contribution is 0.701. The van der Waals surface area contributed by atoms with Crippen LogP contribution in [0.5, 0.6) is 0 Å². The molecule has 0 bridgehead atoms.